The SMILES string of the molecule is CCOC(=O)CN(OC)OC. The molecule has 0 N–H and O–H groups in total. The summed E-state index contributed by atoms with van der Waals surface area (Å²) in [5.74, 6) is -0.379. The lowest BCUT2D eigenvalue weighted by Crippen LogP contribution is -2.29. The van der Waals surface area contributed by atoms with Crippen molar-refractivity contribution in [2.45, 2.75) is 6.92 Å². The first-order valence-electron chi connectivity index (χ1n) is 3.26. The van der Waals surface area contributed by atoms with Gasteiger partial charge in [-0.1, -0.05) is 5.23 Å². The third-order valence-electron chi connectivity index (χ3n) is 0.971. The predicted molar refractivity (Wildman–Crippen MR) is 37.4 cm³/mol. The van der Waals surface area contributed by atoms with Crippen LogP contribution in [0.1, 0.15) is 6.92 Å². The van der Waals surface area contributed by atoms with Crippen molar-refractivity contribution in [1.29, 1.82) is 0 Å². The maximum absolute atomic E-state index is 10.7. The molecular formula is C6H13NO4. The molecule has 0 aliphatic carbocycles. The van der Waals surface area contributed by atoms with Gasteiger partial charge in [0.2, 0.25) is 0 Å². The topological polar surface area (TPSA) is 48.0 Å². The highest BCUT2D eigenvalue weighted by molar-refractivity contribution is 5.71. The van der Waals surface area contributed by atoms with Gasteiger partial charge in [0.05, 0.1) is 20.8 Å². The van der Waals surface area contributed by atoms with Crippen LogP contribution in [-0.2, 0) is 19.2 Å². The van der Waals surface area contributed by atoms with Crippen LogP contribution in [0.25, 0.3) is 0 Å². The van der Waals surface area contributed by atoms with Crippen molar-refractivity contribution in [2.75, 3.05) is 27.4 Å². The molecule has 0 aromatic heterocycles. The maximum Gasteiger partial charge on any atom is 0.325 e. The normalized spacial score (nSPS) is 10.2. The molecule has 0 atom stereocenters. The molecule has 0 saturated carbocycles. The first-order valence-corrected chi connectivity index (χ1v) is 3.26. The van der Waals surface area contributed by atoms with Gasteiger partial charge in [-0.25, -0.2) is 0 Å². The third-order valence-corrected chi connectivity index (χ3v) is 0.971. The van der Waals surface area contributed by atoms with Gasteiger partial charge in [-0.3, -0.25) is 14.5 Å². The van der Waals surface area contributed by atoms with Crippen LogP contribution in [0.3, 0.4) is 0 Å². The van der Waals surface area contributed by atoms with E-state index in [0.29, 0.717) is 6.61 Å². The Labute approximate surface area is 65.7 Å². The highest BCUT2D eigenvalue weighted by atomic mass is 16.9. The van der Waals surface area contributed by atoms with Crippen molar-refractivity contribution in [2.24, 2.45) is 0 Å². The Morgan fingerprint density at radius 2 is 1.91 bits per heavy atom. The van der Waals surface area contributed by atoms with Gasteiger partial charge in [-0.15, -0.1) is 0 Å². The number of nitrogens with zero attached hydrogens (tertiary/aromatic N) is 1. The molecule has 0 radical (unpaired) electrons. The molecule has 0 bridgehead atoms. The largest absolute Gasteiger partial charge is 0.465 e. The highest BCUT2D eigenvalue weighted by Crippen LogP contribution is 1.88. The summed E-state index contributed by atoms with van der Waals surface area (Å²) in [4.78, 5) is 20.0. The summed E-state index contributed by atoms with van der Waals surface area (Å²) in [6, 6.07) is 0. The average Bonchev–Trinajstić information content (AvgIpc) is 2.01. The highest BCUT2D eigenvalue weighted by Gasteiger charge is 2.09. The zero-order valence-electron chi connectivity index (χ0n) is 6.99. The number of esters is 1. The summed E-state index contributed by atoms with van der Waals surface area (Å²) in [5, 5.41) is 1.03. The van der Waals surface area contributed by atoms with E-state index in [0.717, 1.165) is 5.23 Å². The Morgan fingerprint density at radius 1 is 1.36 bits per heavy atom. The van der Waals surface area contributed by atoms with Crippen LogP contribution < -0.4 is 0 Å². The average molecular weight is 163 g/mol. The lowest BCUT2D eigenvalue weighted by molar-refractivity contribution is -0.339. The summed E-state index contributed by atoms with van der Waals surface area (Å²) < 4.78 is 4.64. The van der Waals surface area contributed by atoms with Gasteiger partial charge in [0, 0.05) is 0 Å². The van der Waals surface area contributed by atoms with Crippen LogP contribution in [0.15, 0.2) is 0 Å². The second kappa shape index (κ2) is 6.09. The molecule has 0 saturated heterocycles. The molecule has 66 valence electrons. The summed E-state index contributed by atoms with van der Waals surface area (Å²) in [7, 11) is 2.81. The summed E-state index contributed by atoms with van der Waals surface area (Å²) in [6.07, 6.45) is 0. The molecule has 0 unspecified atom stereocenters. The minimum atomic E-state index is -0.379. The van der Waals surface area contributed by atoms with Crippen molar-refractivity contribution < 1.29 is 19.2 Å². The Hall–Kier alpha value is -0.650. The van der Waals surface area contributed by atoms with Crippen LogP contribution >= 0.6 is 0 Å². The molecule has 0 heterocycles. The number of hydrogen-bond acceptors (Lipinski definition) is 5. The van der Waals surface area contributed by atoms with E-state index in [1.54, 1.807) is 6.92 Å². The van der Waals surface area contributed by atoms with Crippen molar-refractivity contribution >= 4 is 5.97 Å². The Kier molecular flexibility index (Phi) is 5.73. The Bertz CT molecular complexity index is 113. The van der Waals surface area contributed by atoms with Gasteiger partial charge in [-0.05, 0) is 6.92 Å². The fourth-order valence-corrected chi connectivity index (χ4v) is 0.516. The Balaban J connectivity index is 3.54. The van der Waals surface area contributed by atoms with Gasteiger partial charge >= 0.3 is 5.97 Å². The molecule has 5 heteroatoms. The number of carbonyl (C=O) groups is 1. The number of hydroxylamine groups is 2. The molecule has 5 nitrogen and oxygen atoms in total. The quantitative estimate of drug-likeness (QED) is 0.421. The number of ether oxygens (including phenoxy) is 1. The van der Waals surface area contributed by atoms with Gasteiger partial charge < -0.3 is 4.74 Å². The lowest BCUT2D eigenvalue weighted by atomic mass is 10.7. The summed E-state index contributed by atoms with van der Waals surface area (Å²) in [5.41, 5.74) is 0. The predicted octanol–water partition coefficient (Wildman–Crippen LogP) is -0.0257. The van der Waals surface area contributed by atoms with E-state index in [1.165, 1.54) is 14.2 Å². The molecule has 11 heavy (non-hydrogen) atoms. The van der Waals surface area contributed by atoms with Crippen LogP contribution in [0.5, 0.6) is 0 Å². The summed E-state index contributed by atoms with van der Waals surface area (Å²) >= 11 is 0. The second-order valence-corrected chi connectivity index (χ2v) is 1.66. The first kappa shape index (κ1) is 10.3. The zero-order valence-corrected chi connectivity index (χ0v) is 6.99. The molecule has 0 spiro atoms. The second-order valence-electron chi connectivity index (χ2n) is 1.66. The van der Waals surface area contributed by atoms with E-state index in [4.69, 9.17) is 0 Å². The van der Waals surface area contributed by atoms with Gasteiger partial charge in [0.25, 0.3) is 0 Å². The van der Waals surface area contributed by atoms with E-state index in [9.17, 15) is 4.79 Å². The number of carbonyl (C=O) groups excluding carboxylic acids is 1. The van der Waals surface area contributed by atoms with Crippen molar-refractivity contribution in [3.8, 4) is 0 Å². The zero-order chi connectivity index (χ0) is 8.69. The summed E-state index contributed by atoms with van der Waals surface area (Å²) in [6.45, 7) is 2.07. The van der Waals surface area contributed by atoms with Crippen molar-refractivity contribution in [1.82, 2.24) is 5.23 Å². The monoisotopic (exact) mass is 163 g/mol. The number of hydrogen-bond donors (Lipinski definition) is 0. The third kappa shape index (κ3) is 4.72. The van der Waals surface area contributed by atoms with Gasteiger partial charge in [-0.2, -0.15) is 0 Å². The minimum absolute atomic E-state index is 0.0269. The van der Waals surface area contributed by atoms with Crippen molar-refractivity contribution in [3.63, 3.8) is 0 Å². The van der Waals surface area contributed by atoms with Gasteiger partial charge in [0.1, 0.15) is 6.54 Å². The van der Waals surface area contributed by atoms with Gasteiger partial charge in [0.15, 0.2) is 0 Å². The van der Waals surface area contributed by atoms with E-state index < -0.39 is 0 Å². The van der Waals surface area contributed by atoms with Crippen LogP contribution in [0, 0.1) is 0 Å². The molecule has 0 amide bonds. The number of rotatable bonds is 5. The molecule has 0 rings (SSSR count). The lowest BCUT2D eigenvalue weighted by Gasteiger charge is -2.14. The van der Waals surface area contributed by atoms with Crippen molar-refractivity contribution in [3.05, 3.63) is 0 Å². The fourth-order valence-electron chi connectivity index (χ4n) is 0.516. The molecule has 0 aliphatic rings. The molecule has 0 fully saturated rings. The van der Waals surface area contributed by atoms with E-state index in [-0.39, 0.29) is 12.5 Å². The van der Waals surface area contributed by atoms with E-state index >= 15 is 0 Å². The standard InChI is InChI=1S/C6H13NO4/c1-4-11-6(8)5-7(9-2)10-3/h4-5H2,1-3H3. The molecule has 0 aromatic rings. The van der Waals surface area contributed by atoms with E-state index in [2.05, 4.69) is 14.4 Å². The van der Waals surface area contributed by atoms with Crippen LogP contribution in [-0.4, -0.2) is 38.6 Å². The Morgan fingerprint density at radius 3 is 2.27 bits per heavy atom. The minimum Gasteiger partial charge on any atom is -0.465 e. The van der Waals surface area contributed by atoms with Crippen LogP contribution in [0.2, 0.25) is 0 Å². The molecular weight excluding hydrogens is 150 g/mol. The fraction of sp³-hybridized carbons (Fsp3) is 0.833. The van der Waals surface area contributed by atoms with E-state index in [1.807, 2.05) is 0 Å². The maximum atomic E-state index is 10.7. The molecule has 0 aromatic carbocycles. The van der Waals surface area contributed by atoms with Crippen LogP contribution in [0.4, 0.5) is 0 Å². The first-order chi connectivity index (χ1) is 5.24. The molecule has 0 aliphatic heterocycles. The smallest absolute Gasteiger partial charge is 0.325 e.